The van der Waals surface area contributed by atoms with Gasteiger partial charge in [-0.2, -0.15) is 5.26 Å². The molecule has 2 aliphatic carbocycles. The second kappa shape index (κ2) is 5.22. The molecule has 7 heteroatoms. The van der Waals surface area contributed by atoms with E-state index in [1.807, 2.05) is 0 Å². The number of alkyl halides is 2. The molecule has 25 heavy (non-hydrogen) atoms. The Morgan fingerprint density at radius 2 is 1.96 bits per heavy atom. The number of hydrogen-bond acceptors (Lipinski definition) is 4. The molecule has 128 valence electrons. The van der Waals surface area contributed by atoms with Crippen LogP contribution in [0.25, 0.3) is 0 Å². The minimum absolute atomic E-state index is 0.0126. The lowest BCUT2D eigenvalue weighted by Crippen LogP contribution is -2.31. The first-order valence-corrected chi connectivity index (χ1v) is 7.60. The topological polar surface area (TPSA) is 73.5 Å². The smallest absolute Gasteiger partial charge is 0.261 e. The van der Waals surface area contributed by atoms with Gasteiger partial charge in [0.1, 0.15) is 23.4 Å². The molecule has 0 spiro atoms. The normalized spacial score (nSPS) is 25.5. The second-order valence-corrected chi connectivity index (χ2v) is 6.29. The minimum Gasteiger partial charge on any atom is -0.457 e. The Morgan fingerprint density at radius 1 is 1.20 bits per heavy atom. The molecule has 4 rings (SSSR count). The van der Waals surface area contributed by atoms with Crippen molar-refractivity contribution in [3.8, 4) is 17.6 Å². The molecule has 0 saturated carbocycles. The summed E-state index contributed by atoms with van der Waals surface area (Å²) in [6.45, 7) is 0. The number of nitriles is 1. The highest BCUT2D eigenvalue weighted by Crippen LogP contribution is 2.57. The van der Waals surface area contributed by atoms with Crippen molar-refractivity contribution in [3.63, 3.8) is 0 Å². The molecule has 3 atom stereocenters. The third kappa shape index (κ3) is 2.29. The van der Waals surface area contributed by atoms with E-state index in [0.717, 1.165) is 12.1 Å². The predicted molar refractivity (Wildman–Crippen MR) is 80.0 cm³/mol. The molecule has 0 amide bonds. The van der Waals surface area contributed by atoms with Crippen LogP contribution >= 0.6 is 0 Å². The number of ether oxygens (including phenoxy) is 1. The van der Waals surface area contributed by atoms with Gasteiger partial charge in [-0.25, -0.2) is 13.2 Å². The van der Waals surface area contributed by atoms with Crippen LogP contribution in [0.3, 0.4) is 0 Å². The second-order valence-electron chi connectivity index (χ2n) is 6.29. The highest BCUT2D eigenvalue weighted by atomic mass is 19.3. The summed E-state index contributed by atoms with van der Waals surface area (Å²) in [6, 6.07) is 8.01. The molecule has 0 bridgehead atoms. The van der Waals surface area contributed by atoms with E-state index < -0.39 is 36.3 Å². The van der Waals surface area contributed by atoms with Crippen molar-refractivity contribution < 1.29 is 28.1 Å². The zero-order chi connectivity index (χ0) is 17.9. The summed E-state index contributed by atoms with van der Waals surface area (Å²) in [5.74, 6) is -5.28. The SMILES string of the molecule is N#Cc1cc(F)cc(Oc2ccc3c4c2CC(F)(F)C4[C@@H](O)C3O)c1. The predicted octanol–water partition coefficient (Wildman–Crippen LogP) is 3.17. The van der Waals surface area contributed by atoms with E-state index in [9.17, 15) is 23.4 Å². The molecule has 2 aromatic rings. The zero-order valence-electron chi connectivity index (χ0n) is 12.7. The van der Waals surface area contributed by atoms with Crippen LogP contribution in [0.1, 0.15) is 34.3 Å². The number of aliphatic hydroxyl groups is 2. The molecule has 0 saturated heterocycles. The van der Waals surface area contributed by atoms with Crippen molar-refractivity contribution in [3.05, 3.63) is 58.4 Å². The van der Waals surface area contributed by atoms with Gasteiger partial charge in [0.15, 0.2) is 0 Å². The monoisotopic (exact) mass is 347 g/mol. The largest absolute Gasteiger partial charge is 0.457 e. The van der Waals surface area contributed by atoms with Gasteiger partial charge in [0.25, 0.3) is 5.92 Å². The fourth-order valence-corrected chi connectivity index (χ4v) is 3.72. The standard InChI is InChI=1S/C18H12F3NO3/c19-9-3-8(7-22)4-10(5-9)25-13-2-1-11-14-12(13)6-18(20,21)15(14)17(24)16(11)23/h1-5,15-17,23-24H,6H2/t15?,16?,17-/m1/s1. The summed E-state index contributed by atoms with van der Waals surface area (Å²) < 4.78 is 47.7. The maximum absolute atomic E-state index is 14.3. The van der Waals surface area contributed by atoms with Gasteiger partial charge in [-0.3, -0.25) is 0 Å². The molecule has 0 radical (unpaired) electrons. The molecule has 2 unspecified atom stereocenters. The third-order valence-corrected chi connectivity index (χ3v) is 4.74. The van der Waals surface area contributed by atoms with Crippen LogP contribution in [0.15, 0.2) is 30.3 Å². The molecule has 2 aliphatic rings. The fourth-order valence-electron chi connectivity index (χ4n) is 3.72. The summed E-state index contributed by atoms with van der Waals surface area (Å²) in [6.07, 6.45) is -3.60. The van der Waals surface area contributed by atoms with E-state index >= 15 is 0 Å². The van der Waals surface area contributed by atoms with Gasteiger partial charge in [-0.1, -0.05) is 6.07 Å². The molecule has 4 nitrogen and oxygen atoms in total. The number of halogens is 3. The lowest BCUT2D eigenvalue weighted by molar-refractivity contribution is -0.0809. The number of benzene rings is 2. The Kier molecular flexibility index (Phi) is 3.33. The first kappa shape index (κ1) is 15.9. The van der Waals surface area contributed by atoms with Gasteiger partial charge in [-0.15, -0.1) is 0 Å². The Bertz CT molecular complexity index is 923. The van der Waals surface area contributed by atoms with E-state index in [2.05, 4.69) is 0 Å². The summed E-state index contributed by atoms with van der Waals surface area (Å²) >= 11 is 0. The Balaban J connectivity index is 1.80. The van der Waals surface area contributed by atoms with E-state index in [0.29, 0.717) is 0 Å². The number of nitrogens with zero attached hydrogens (tertiary/aromatic N) is 1. The highest BCUT2D eigenvalue weighted by molar-refractivity contribution is 5.57. The minimum atomic E-state index is -3.22. The summed E-state index contributed by atoms with van der Waals surface area (Å²) in [5.41, 5.74) is 0.681. The van der Waals surface area contributed by atoms with Crippen LogP contribution in [0.5, 0.6) is 11.5 Å². The van der Waals surface area contributed by atoms with Crippen LogP contribution in [0, 0.1) is 17.1 Å². The Labute approximate surface area is 140 Å². The quantitative estimate of drug-likeness (QED) is 0.875. The van der Waals surface area contributed by atoms with Gasteiger partial charge in [0.05, 0.1) is 23.7 Å². The van der Waals surface area contributed by atoms with Gasteiger partial charge in [-0.05, 0) is 29.3 Å². The number of rotatable bonds is 2. The van der Waals surface area contributed by atoms with Crippen molar-refractivity contribution in [2.75, 3.05) is 0 Å². The lowest BCUT2D eigenvalue weighted by Gasteiger charge is -2.21. The van der Waals surface area contributed by atoms with Crippen LogP contribution in [-0.2, 0) is 6.42 Å². The van der Waals surface area contributed by atoms with Crippen LogP contribution in [0.4, 0.5) is 13.2 Å². The third-order valence-electron chi connectivity index (χ3n) is 4.74. The number of aliphatic hydroxyl groups excluding tert-OH is 2. The average molecular weight is 347 g/mol. The van der Waals surface area contributed by atoms with E-state index in [4.69, 9.17) is 10.00 Å². The van der Waals surface area contributed by atoms with Crippen molar-refractivity contribution in [2.24, 2.45) is 0 Å². The first-order chi connectivity index (χ1) is 11.8. The van der Waals surface area contributed by atoms with E-state index in [1.54, 1.807) is 6.07 Å². The maximum atomic E-state index is 14.3. The van der Waals surface area contributed by atoms with Gasteiger partial charge in [0, 0.05) is 18.1 Å². The first-order valence-electron chi connectivity index (χ1n) is 7.60. The van der Waals surface area contributed by atoms with E-state index in [1.165, 1.54) is 18.2 Å². The summed E-state index contributed by atoms with van der Waals surface area (Å²) in [5, 5.41) is 28.8. The van der Waals surface area contributed by atoms with Gasteiger partial charge >= 0.3 is 0 Å². The highest BCUT2D eigenvalue weighted by Gasteiger charge is 2.58. The van der Waals surface area contributed by atoms with Gasteiger partial charge in [0.2, 0.25) is 0 Å². The molecule has 0 fully saturated rings. The van der Waals surface area contributed by atoms with Crippen LogP contribution < -0.4 is 4.74 Å². The molecule has 2 N–H and O–H groups in total. The fraction of sp³-hybridized carbons (Fsp3) is 0.278. The van der Waals surface area contributed by atoms with Crippen LogP contribution in [-0.4, -0.2) is 22.2 Å². The molecule has 0 aliphatic heterocycles. The number of hydrogen-bond donors (Lipinski definition) is 2. The molecule has 0 aromatic heterocycles. The molecular formula is C18H12F3NO3. The zero-order valence-corrected chi connectivity index (χ0v) is 12.7. The molecule has 2 aromatic carbocycles. The van der Waals surface area contributed by atoms with Crippen molar-refractivity contribution >= 4 is 0 Å². The van der Waals surface area contributed by atoms with E-state index in [-0.39, 0.29) is 33.8 Å². The van der Waals surface area contributed by atoms with Crippen molar-refractivity contribution in [1.29, 1.82) is 5.26 Å². The van der Waals surface area contributed by atoms with Gasteiger partial charge < -0.3 is 14.9 Å². The van der Waals surface area contributed by atoms with Crippen molar-refractivity contribution in [1.82, 2.24) is 0 Å². The van der Waals surface area contributed by atoms with Crippen LogP contribution in [0.2, 0.25) is 0 Å². The molecular weight excluding hydrogens is 335 g/mol. The Hall–Kier alpha value is -2.56. The lowest BCUT2D eigenvalue weighted by atomic mass is 9.99. The summed E-state index contributed by atoms with van der Waals surface area (Å²) in [4.78, 5) is 0. The maximum Gasteiger partial charge on any atom is 0.261 e. The Morgan fingerprint density at radius 3 is 2.68 bits per heavy atom. The summed E-state index contributed by atoms with van der Waals surface area (Å²) in [7, 11) is 0. The van der Waals surface area contributed by atoms with Crippen molar-refractivity contribution in [2.45, 2.75) is 30.5 Å². The molecule has 0 heterocycles. The average Bonchev–Trinajstić information content (AvgIpc) is 2.98.